The molecule has 1 rings (SSSR count). The van der Waals surface area contributed by atoms with E-state index in [-0.39, 0.29) is 11.7 Å². The summed E-state index contributed by atoms with van der Waals surface area (Å²) in [4.78, 5) is 20.9. The van der Waals surface area contributed by atoms with Crippen molar-refractivity contribution >= 4 is 11.7 Å². The van der Waals surface area contributed by atoms with E-state index in [1.807, 2.05) is 0 Å². The fourth-order valence-corrected chi connectivity index (χ4v) is 0.572. The Hall–Kier alpha value is -1.99. The number of hydrogen-bond acceptors (Lipinski definition) is 5. The average Bonchev–Trinajstić information content (AvgIpc) is 2.34. The van der Waals surface area contributed by atoms with Gasteiger partial charge in [0.2, 0.25) is 11.7 Å². The molecule has 0 bridgehead atoms. The van der Waals surface area contributed by atoms with Gasteiger partial charge in [-0.2, -0.15) is 0 Å². The normalized spacial score (nSPS) is 9.42. The maximum absolute atomic E-state index is 10.4. The number of carbonyl (C=O) groups excluding carboxylic acids is 1. The lowest BCUT2D eigenvalue weighted by Crippen LogP contribution is -2.09. The van der Waals surface area contributed by atoms with E-state index in [4.69, 9.17) is 0 Å². The number of aromatic nitrogens is 3. The topological polar surface area (TPSA) is 103 Å². The summed E-state index contributed by atoms with van der Waals surface area (Å²) >= 11 is 0. The number of carbonyl (C=O) groups is 1. The molecule has 0 saturated heterocycles. The fraction of sp³-hybridized carbons (Fsp3) is 0.250. The van der Waals surface area contributed by atoms with E-state index >= 15 is 0 Å². The smallest absolute Gasteiger partial charge is 0.222 e. The molecule has 8 nitrogen and oxygen atoms in total. The molecule has 0 radical (unpaired) electrons. The van der Waals surface area contributed by atoms with Gasteiger partial charge in [-0.15, -0.1) is 0 Å². The Kier molecular flexibility index (Phi) is 1.99. The van der Waals surface area contributed by atoms with Gasteiger partial charge in [0.25, 0.3) is 0 Å². The molecule has 1 heterocycles. The monoisotopic (exact) mass is 171 g/mol. The van der Waals surface area contributed by atoms with Crippen molar-refractivity contribution in [3.8, 4) is 0 Å². The quantitative estimate of drug-likeness (QED) is 0.467. The first-order valence-corrected chi connectivity index (χ1v) is 2.94. The van der Waals surface area contributed by atoms with E-state index in [1.54, 1.807) is 0 Å². The van der Waals surface area contributed by atoms with Crippen molar-refractivity contribution in [3.05, 3.63) is 16.3 Å². The average molecular weight is 171 g/mol. The summed E-state index contributed by atoms with van der Waals surface area (Å²) in [7, 11) is 0. The molecular formula is C4H5N5O3. The van der Waals surface area contributed by atoms with Crippen LogP contribution in [0.4, 0.5) is 5.82 Å². The van der Waals surface area contributed by atoms with Crippen LogP contribution < -0.4 is 5.32 Å². The number of nitrogens with zero attached hydrogens (tertiary/aromatic N) is 4. The SMILES string of the molecule is CC(=O)Nc1cn([N+](=O)[O-])nn1. The van der Waals surface area contributed by atoms with Gasteiger partial charge in [-0.05, 0) is 0 Å². The lowest BCUT2D eigenvalue weighted by atomic mass is 10.6. The molecule has 1 aromatic rings. The van der Waals surface area contributed by atoms with Crippen molar-refractivity contribution in [2.24, 2.45) is 0 Å². The Labute approximate surface area is 66.3 Å². The molecule has 0 saturated carbocycles. The molecule has 8 heteroatoms. The van der Waals surface area contributed by atoms with Crippen LogP contribution in [0.15, 0.2) is 6.20 Å². The number of anilines is 1. The molecule has 0 fully saturated rings. The zero-order chi connectivity index (χ0) is 9.14. The second kappa shape index (κ2) is 2.95. The summed E-state index contributed by atoms with van der Waals surface area (Å²) in [5.41, 5.74) is 0. The summed E-state index contributed by atoms with van der Waals surface area (Å²) in [6, 6.07) is 0. The minimum Gasteiger partial charge on any atom is -0.339 e. The highest BCUT2D eigenvalue weighted by molar-refractivity contribution is 5.87. The van der Waals surface area contributed by atoms with Gasteiger partial charge >= 0.3 is 0 Å². The Morgan fingerprint density at radius 1 is 1.83 bits per heavy atom. The molecule has 0 spiro atoms. The second-order valence-corrected chi connectivity index (χ2v) is 1.94. The Morgan fingerprint density at radius 3 is 2.92 bits per heavy atom. The molecule has 0 unspecified atom stereocenters. The predicted octanol–water partition coefficient (Wildman–Crippen LogP) is -0.724. The number of nitrogens with one attached hydrogen (secondary N) is 1. The first-order valence-electron chi connectivity index (χ1n) is 2.94. The van der Waals surface area contributed by atoms with Gasteiger partial charge in [-0.1, -0.05) is 0 Å². The van der Waals surface area contributed by atoms with Gasteiger partial charge in [0.1, 0.15) is 6.20 Å². The third kappa shape index (κ3) is 1.75. The number of amides is 1. The molecule has 0 aliphatic carbocycles. The Morgan fingerprint density at radius 2 is 2.50 bits per heavy atom. The Balaban J connectivity index is 2.77. The molecule has 0 aliphatic rings. The summed E-state index contributed by atoms with van der Waals surface area (Å²) in [5, 5.41) is 18.0. The van der Waals surface area contributed by atoms with E-state index in [9.17, 15) is 14.9 Å². The highest BCUT2D eigenvalue weighted by atomic mass is 16.7. The van der Waals surface area contributed by atoms with Gasteiger partial charge in [-0.3, -0.25) is 4.79 Å². The van der Waals surface area contributed by atoms with Gasteiger partial charge in [0.15, 0.2) is 5.21 Å². The van der Waals surface area contributed by atoms with Crippen molar-refractivity contribution in [2.45, 2.75) is 6.92 Å². The zero-order valence-corrected chi connectivity index (χ0v) is 6.09. The first-order chi connectivity index (χ1) is 5.59. The molecule has 64 valence electrons. The third-order valence-electron chi connectivity index (χ3n) is 0.953. The molecule has 1 aromatic heterocycles. The lowest BCUT2D eigenvalue weighted by molar-refractivity contribution is -0.553. The minimum atomic E-state index is -0.766. The van der Waals surface area contributed by atoms with Crippen molar-refractivity contribution in [2.75, 3.05) is 5.32 Å². The molecule has 12 heavy (non-hydrogen) atoms. The molecule has 0 atom stereocenters. The van der Waals surface area contributed by atoms with Crippen LogP contribution in [0.3, 0.4) is 0 Å². The Bertz CT molecular complexity index is 318. The van der Waals surface area contributed by atoms with Crippen LogP contribution in [-0.2, 0) is 4.79 Å². The number of hydrogen-bond donors (Lipinski definition) is 1. The molecule has 1 amide bonds. The summed E-state index contributed by atoms with van der Waals surface area (Å²) < 4.78 is 0. The summed E-state index contributed by atoms with van der Waals surface area (Å²) in [6.45, 7) is 1.27. The molecule has 0 aliphatic heterocycles. The van der Waals surface area contributed by atoms with Crippen LogP contribution in [0, 0.1) is 10.1 Å². The minimum absolute atomic E-state index is 0.0548. The van der Waals surface area contributed by atoms with Gasteiger partial charge in [0, 0.05) is 12.0 Å². The largest absolute Gasteiger partial charge is 0.339 e. The van der Waals surface area contributed by atoms with E-state index < -0.39 is 5.03 Å². The summed E-state index contributed by atoms with van der Waals surface area (Å²) in [6.07, 6.45) is 1.00. The third-order valence-corrected chi connectivity index (χ3v) is 0.953. The van der Waals surface area contributed by atoms with Crippen molar-refractivity contribution in [1.29, 1.82) is 0 Å². The molecular weight excluding hydrogens is 166 g/mol. The van der Waals surface area contributed by atoms with Crippen LogP contribution in [0.1, 0.15) is 6.92 Å². The second-order valence-electron chi connectivity index (χ2n) is 1.94. The van der Waals surface area contributed by atoms with Gasteiger partial charge < -0.3 is 15.4 Å². The van der Waals surface area contributed by atoms with Crippen molar-refractivity contribution < 1.29 is 9.83 Å². The molecule has 1 N–H and O–H groups in total. The first kappa shape index (κ1) is 8.11. The fourth-order valence-electron chi connectivity index (χ4n) is 0.572. The lowest BCUT2D eigenvalue weighted by Gasteiger charge is -1.89. The van der Waals surface area contributed by atoms with Crippen molar-refractivity contribution in [3.63, 3.8) is 0 Å². The highest BCUT2D eigenvalue weighted by Crippen LogP contribution is 1.97. The zero-order valence-electron chi connectivity index (χ0n) is 6.09. The maximum atomic E-state index is 10.4. The van der Waals surface area contributed by atoms with Crippen LogP contribution in [0.5, 0.6) is 0 Å². The van der Waals surface area contributed by atoms with Crippen LogP contribution >= 0.6 is 0 Å². The van der Waals surface area contributed by atoms with Gasteiger partial charge in [-0.25, -0.2) is 0 Å². The van der Waals surface area contributed by atoms with E-state index in [2.05, 4.69) is 15.6 Å². The van der Waals surface area contributed by atoms with E-state index in [1.165, 1.54) is 6.92 Å². The van der Waals surface area contributed by atoms with Crippen LogP contribution in [0.2, 0.25) is 0 Å². The van der Waals surface area contributed by atoms with Crippen molar-refractivity contribution in [1.82, 2.24) is 15.1 Å². The maximum Gasteiger partial charge on any atom is 0.222 e. The standard InChI is InChI=1S/C4H5N5O3/c1-3(10)5-4-2-8(7-6-4)9(11)12/h2H,1H3,(H,5,10). The summed E-state index contributed by atoms with van der Waals surface area (Å²) in [5.74, 6) is -0.301. The highest BCUT2D eigenvalue weighted by Gasteiger charge is 2.09. The molecule has 0 aromatic carbocycles. The van der Waals surface area contributed by atoms with Crippen LogP contribution in [0.25, 0.3) is 0 Å². The van der Waals surface area contributed by atoms with E-state index in [0.29, 0.717) is 4.79 Å². The number of nitro groups is 1. The van der Waals surface area contributed by atoms with E-state index in [0.717, 1.165) is 6.20 Å². The number of rotatable bonds is 2. The predicted molar refractivity (Wildman–Crippen MR) is 36.7 cm³/mol. The van der Waals surface area contributed by atoms with Crippen LogP contribution in [-0.4, -0.2) is 26.0 Å². The van der Waals surface area contributed by atoms with Gasteiger partial charge in [0.05, 0.1) is 9.82 Å².